The van der Waals surface area contributed by atoms with Crippen molar-refractivity contribution >= 4 is 23.1 Å². The van der Waals surface area contributed by atoms with Gasteiger partial charge in [0, 0.05) is 18.5 Å². The standard InChI is InChI=1S/C23H34F2N6O.C2H6/c1-6-7-16(25)12-18(15(4)24)28-22-29-19-13-26-21(27-14(2)3)30-20(19)31(22)17-8-10-23(5,32)11-9-17;1-2/h6-7,13-14,16-18,32H,4,8-12H2,1-3,5H3,(H,28,29)(H,26,27,30);1-2H3/b7-6-;. The molecule has 190 valence electrons. The van der Waals surface area contributed by atoms with E-state index >= 15 is 0 Å². The number of nitrogens with one attached hydrogen (secondary N) is 2. The van der Waals surface area contributed by atoms with Crippen LogP contribution in [0.15, 0.2) is 30.8 Å². The van der Waals surface area contributed by atoms with Crippen LogP contribution in [-0.4, -0.2) is 48.5 Å². The fourth-order valence-electron chi connectivity index (χ4n) is 4.08. The van der Waals surface area contributed by atoms with Gasteiger partial charge in [-0.25, -0.2) is 18.7 Å². The molecule has 2 aromatic heterocycles. The van der Waals surface area contributed by atoms with Crippen molar-refractivity contribution in [1.82, 2.24) is 19.5 Å². The predicted octanol–water partition coefficient (Wildman–Crippen LogP) is 6.11. The number of anilines is 2. The van der Waals surface area contributed by atoms with Crippen LogP contribution in [0.25, 0.3) is 11.2 Å². The third-order valence-electron chi connectivity index (χ3n) is 5.79. The van der Waals surface area contributed by atoms with Gasteiger partial charge in [0.15, 0.2) is 5.65 Å². The Morgan fingerprint density at radius 1 is 1.29 bits per heavy atom. The lowest BCUT2D eigenvalue weighted by Crippen LogP contribution is -2.32. The van der Waals surface area contributed by atoms with E-state index in [1.807, 2.05) is 39.2 Å². The highest BCUT2D eigenvalue weighted by atomic mass is 19.1. The molecule has 0 saturated heterocycles. The predicted molar refractivity (Wildman–Crippen MR) is 136 cm³/mol. The molecule has 34 heavy (non-hydrogen) atoms. The van der Waals surface area contributed by atoms with E-state index in [1.165, 1.54) is 6.08 Å². The quantitative estimate of drug-likeness (QED) is 0.377. The summed E-state index contributed by atoms with van der Waals surface area (Å²) in [4.78, 5) is 13.6. The molecule has 1 saturated carbocycles. The average molecular weight is 479 g/mol. The number of imidazole rings is 1. The minimum absolute atomic E-state index is 0.00904. The van der Waals surface area contributed by atoms with E-state index in [1.54, 1.807) is 19.2 Å². The zero-order valence-corrected chi connectivity index (χ0v) is 21.3. The van der Waals surface area contributed by atoms with Crippen molar-refractivity contribution < 1.29 is 13.9 Å². The summed E-state index contributed by atoms with van der Waals surface area (Å²) < 4.78 is 30.4. The Bertz CT molecular complexity index is 962. The summed E-state index contributed by atoms with van der Waals surface area (Å²) >= 11 is 0. The van der Waals surface area contributed by atoms with Gasteiger partial charge in [0.2, 0.25) is 11.9 Å². The highest BCUT2D eigenvalue weighted by Crippen LogP contribution is 2.38. The van der Waals surface area contributed by atoms with Gasteiger partial charge in [-0.2, -0.15) is 4.98 Å². The number of hydrogen-bond donors (Lipinski definition) is 3. The van der Waals surface area contributed by atoms with E-state index in [4.69, 9.17) is 0 Å². The molecule has 3 rings (SSSR count). The Morgan fingerprint density at radius 2 is 1.94 bits per heavy atom. The topological polar surface area (TPSA) is 87.9 Å². The van der Waals surface area contributed by atoms with E-state index in [0.29, 0.717) is 35.9 Å². The molecule has 2 aromatic rings. The van der Waals surface area contributed by atoms with Gasteiger partial charge in [-0.05, 0) is 53.4 Å². The Kier molecular flexibility index (Phi) is 9.97. The smallest absolute Gasteiger partial charge is 0.224 e. The second-order valence-electron chi connectivity index (χ2n) is 9.16. The average Bonchev–Trinajstić information content (AvgIpc) is 3.11. The Balaban J connectivity index is 0.00000199. The lowest BCUT2D eigenvalue weighted by molar-refractivity contribution is 0.0105. The van der Waals surface area contributed by atoms with E-state index in [-0.39, 0.29) is 18.5 Å². The monoisotopic (exact) mass is 478 g/mol. The molecular formula is C25H40F2N6O. The summed E-state index contributed by atoms with van der Waals surface area (Å²) in [6, 6.07) is -0.780. The zero-order chi connectivity index (χ0) is 25.5. The molecule has 1 fully saturated rings. The molecule has 2 heterocycles. The molecule has 7 nitrogen and oxygen atoms in total. The lowest BCUT2D eigenvalue weighted by atomic mass is 9.83. The van der Waals surface area contributed by atoms with Crippen LogP contribution in [0.5, 0.6) is 0 Å². The molecule has 0 radical (unpaired) electrons. The van der Waals surface area contributed by atoms with Crippen molar-refractivity contribution in [2.45, 2.75) is 104 Å². The van der Waals surface area contributed by atoms with Crippen LogP contribution in [0.4, 0.5) is 20.7 Å². The fourth-order valence-corrected chi connectivity index (χ4v) is 4.08. The number of rotatable bonds is 9. The van der Waals surface area contributed by atoms with Gasteiger partial charge >= 0.3 is 0 Å². The molecule has 2 unspecified atom stereocenters. The number of nitrogens with zero attached hydrogens (tertiary/aromatic N) is 4. The first-order valence-electron chi connectivity index (χ1n) is 12.2. The van der Waals surface area contributed by atoms with Crippen molar-refractivity contribution in [1.29, 1.82) is 0 Å². The normalized spacial score (nSPS) is 22.4. The SMILES string of the molecule is C=C(F)C(CC(F)/C=C\C)Nc1nc2cnc(NC(C)C)nc2n1C1CCC(C)(O)CC1.CC. The molecule has 1 aliphatic rings. The van der Waals surface area contributed by atoms with Crippen LogP contribution in [0.2, 0.25) is 0 Å². The maximum atomic E-state index is 14.2. The molecule has 9 heteroatoms. The van der Waals surface area contributed by atoms with E-state index in [9.17, 15) is 13.9 Å². The van der Waals surface area contributed by atoms with Crippen molar-refractivity contribution in [2.24, 2.45) is 0 Å². The maximum absolute atomic E-state index is 14.2. The summed E-state index contributed by atoms with van der Waals surface area (Å²) in [5.74, 6) is 0.223. The third kappa shape index (κ3) is 7.22. The zero-order valence-electron chi connectivity index (χ0n) is 21.3. The van der Waals surface area contributed by atoms with Crippen LogP contribution in [0.3, 0.4) is 0 Å². The third-order valence-corrected chi connectivity index (χ3v) is 5.79. The second-order valence-corrected chi connectivity index (χ2v) is 9.16. The molecule has 1 aliphatic carbocycles. The fraction of sp³-hybridized carbons (Fsp3) is 0.640. The van der Waals surface area contributed by atoms with Crippen LogP contribution < -0.4 is 10.6 Å². The molecule has 0 bridgehead atoms. The Labute approximate surface area is 201 Å². The summed E-state index contributed by atoms with van der Waals surface area (Å²) in [5.41, 5.74) is 0.474. The van der Waals surface area contributed by atoms with Crippen molar-refractivity contribution in [3.8, 4) is 0 Å². The first kappa shape index (κ1) is 27.7. The maximum Gasteiger partial charge on any atom is 0.224 e. The van der Waals surface area contributed by atoms with Gasteiger partial charge in [0.1, 0.15) is 17.5 Å². The van der Waals surface area contributed by atoms with Gasteiger partial charge in [0.05, 0.1) is 17.8 Å². The van der Waals surface area contributed by atoms with Crippen LogP contribution in [0.1, 0.15) is 79.7 Å². The first-order chi connectivity index (χ1) is 16.1. The van der Waals surface area contributed by atoms with E-state index < -0.39 is 23.6 Å². The number of alkyl halides is 1. The van der Waals surface area contributed by atoms with E-state index in [0.717, 1.165) is 12.8 Å². The molecular weight excluding hydrogens is 438 g/mol. The lowest BCUT2D eigenvalue weighted by Gasteiger charge is -2.34. The first-order valence-corrected chi connectivity index (χ1v) is 12.2. The minimum Gasteiger partial charge on any atom is -0.390 e. The number of halogens is 2. The summed E-state index contributed by atoms with van der Waals surface area (Å²) in [6.45, 7) is 15.0. The van der Waals surface area contributed by atoms with Gasteiger partial charge in [-0.1, -0.05) is 32.6 Å². The molecule has 0 aromatic carbocycles. The molecule has 2 atom stereocenters. The molecule has 0 spiro atoms. The van der Waals surface area contributed by atoms with Crippen LogP contribution in [0, 0.1) is 0 Å². The molecule has 0 amide bonds. The highest BCUT2D eigenvalue weighted by molar-refractivity contribution is 5.75. The summed E-state index contributed by atoms with van der Waals surface area (Å²) in [5, 5.41) is 16.6. The van der Waals surface area contributed by atoms with Crippen LogP contribution >= 0.6 is 0 Å². The number of aliphatic hydroxyl groups is 1. The molecule has 0 aliphatic heterocycles. The number of aromatic nitrogens is 4. The minimum atomic E-state index is -1.31. The van der Waals surface area contributed by atoms with Gasteiger partial charge in [-0.3, -0.25) is 4.57 Å². The van der Waals surface area contributed by atoms with Crippen molar-refractivity contribution in [3.63, 3.8) is 0 Å². The summed E-state index contributed by atoms with van der Waals surface area (Å²) in [7, 11) is 0. The largest absolute Gasteiger partial charge is 0.390 e. The highest BCUT2D eigenvalue weighted by Gasteiger charge is 2.32. The molecule has 3 N–H and O–H groups in total. The number of fused-ring (bicyclic) bond motifs is 1. The van der Waals surface area contributed by atoms with E-state index in [2.05, 4.69) is 32.2 Å². The van der Waals surface area contributed by atoms with Crippen molar-refractivity contribution in [2.75, 3.05) is 10.6 Å². The Morgan fingerprint density at radius 3 is 2.50 bits per heavy atom. The van der Waals surface area contributed by atoms with Gasteiger partial charge in [-0.15, -0.1) is 0 Å². The Hall–Kier alpha value is -2.55. The van der Waals surface area contributed by atoms with Crippen LogP contribution in [-0.2, 0) is 0 Å². The number of hydrogen-bond acceptors (Lipinski definition) is 6. The number of allylic oxidation sites excluding steroid dienone is 2. The second kappa shape index (κ2) is 12.2. The van der Waals surface area contributed by atoms with Crippen molar-refractivity contribution in [3.05, 3.63) is 30.8 Å². The summed E-state index contributed by atoms with van der Waals surface area (Å²) in [6.07, 6.45) is 5.90. The van der Waals surface area contributed by atoms with Gasteiger partial charge < -0.3 is 15.7 Å². The van der Waals surface area contributed by atoms with Gasteiger partial charge in [0.25, 0.3) is 0 Å².